The highest BCUT2D eigenvalue weighted by atomic mass is 16.5. The van der Waals surface area contributed by atoms with Gasteiger partial charge in [-0.15, -0.1) is 5.10 Å². The van der Waals surface area contributed by atoms with E-state index in [2.05, 4.69) is 39.3 Å². The summed E-state index contributed by atoms with van der Waals surface area (Å²) in [6.45, 7) is 4.15. The van der Waals surface area contributed by atoms with E-state index in [-0.39, 0.29) is 18.5 Å². The molecule has 7 nitrogen and oxygen atoms in total. The van der Waals surface area contributed by atoms with Crippen LogP contribution in [0.4, 0.5) is 5.95 Å². The van der Waals surface area contributed by atoms with Gasteiger partial charge in [-0.05, 0) is 36.1 Å². The maximum atomic E-state index is 12.1. The normalized spacial score (nSPS) is 11.8. The van der Waals surface area contributed by atoms with Gasteiger partial charge in [0.25, 0.3) is 5.91 Å². The Labute approximate surface area is 151 Å². The molecule has 0 radical (unpaired) electrons. The SMILES string of the molecule is CCC(C)c1ccccc1OCC(=O)Nc1n[nH]c(-c2ccccn2)n1. The van der Waals surface area contributed by atoms with Gasteiger partial charge in [0.05, 0.1) is 0 Å². The van der Waals surface area contributed by atoms with Gasteiger partial charge in [-0.3, -0.25) is 20.2 Å². The average Bonchev–Trinajstić information content (AvgIpc) is 3.15. The number of pyridine rings is 1. The molecule has 3 aromatic rings. The van der Waals surface area contributed by atoms with Gasteiger partial charge in [-0.25, -0.2) is 0 Å². The van der Waals surface area contributed by atoms with Crippen LogP contribution in [0.3, 0.4) is 0 Å². The van der Waals surface area contributed by atoms with Crippen LogP contribution in [0.15, 0.2) is 48.7 Å². The number of hydrogen-bond donors (Lipinski definition) is 2. The second kappa shape index (κ2) is 8.24. The second-order valence-electron chi connectivity index (χ2n) is 5.91. The summed E-state index contributed by atoms with van der Waals surface area (Å²) in [5, 5.41) is 9.36. The van der Waals surface area contributed by atoms with Crippen molar-refractivity contribution in [2.45, 2.75) is 26.2 Å². The number of nitrogens with zero attached hydrogens (tertiary/aromatic N) is 3. The molecule has 1 aromatic carbocycles. The first-order valence-electron chi connectivity index (χ1n) is 8.52. The molecule has 26 heavy (non-hydrogen) atoms. The molecule has 134 valence electrons. The Hall–Kier alpha value is -3.22. The fourth-order valence-electron chi connectivity index (χ4n) is 2.48. The molecule has 0 bridgehead atoms. The zero-order valence-corrected chi connectivity index (χ0v) is 14.8. The predicted molar refractivity (Wildman–Crippen MR) is 98.9 cm³/mol. The summed E-state index contributed by atoms with van der Waals surface area (Å²) in [6.07, 6.45) is 2.67. The third-order valence-corrected chi connectivity index (χ3v) is 4.07. The lowest BCUT2D eigenvalue weighted by Crippen LogP contribution is -2.21. The summed E-state index contributed by atoms with van der Waals surface area (Å²) in [7, 11) is 0. The van der Waals surface area contributed by atoms with Gasteiger partial charge in [0.15, 0.2) is 12.4 Å². The molecule has 2 heterocycles. The summed E-state index contributed by atoms with van der Waals surface area (Å²) < 4.78 is 5.70. The Kier molecular flexibility index (Phi) is 5.58. The number of hydrogen-bond acceptors (Lipinski definition) is 5. The second-order valence-corrected chi connectivity index (χ2v) is 5.91. The van der Waals surface area contributed by atoms with E-state index in [9.17, 15) is 4.79 Å². The maximum absolute atomic E-state index is 12.1. The third-order valence-electron chi connectivity index (χ3n) is 4.07. The van der Waals surface area contributed by atoms with Crippen molar-refractivity contribution in [3.63, 3.8) is 0 Å². The number of aromatic amines is 1. The van der Waals surface area contributed by atoms with Crippen LogP contribution in [-0.4, -0.2) is 32.7 Å². The number of anilines is 1. The van der Waals surface area contributed by atoms with Crippen molar-refractivity contribution in [3.05, 3.63) is 54.2 Å². The Bertz CT molecular complexity index is 863. The highest BCUT2D eigenvalue weighted by Gasteiger charge is 2.13. The van der Waals surface area contributed by atoms with E-state index >= 15 is 0 Å². The minimum atomic E-state index is -0.324. The van der Waals surface area contributed by atoms with E-state index in [0.29, 0.717) is 17.4 Å². The van der Waals surface area contributed by atoms with Crippen LogP contribution in [0.5, 0.6) is 5.75 Å². The van der Waals surface area contributed by atoms with E-state index < -0.39 is 0 Å². The van der Waals surface area contributed by atoms with Crippen molar-refractivity contribution in [2.75, 3.05) is 11.9 Å². The largest absolute Gasteiger partial charge is 0.483 e. The molecule has 0 aliphatic rings. The first-order chi connectivity index (χ1) is 12.7. The van der Waals surface area contributed by atoms with Gasteiger partial charge in [0.1, 0.15) is 11.4 Å². The Morgan fingerprint density at radius 1 is 1.23 bits per heavy atom. The topological polar surface area (TPSA) is 92.8 Å². The lowest BCUT2D eigenvalue weighted by Gasteiger charge is -2.15. The zero-order chi connectivity index (χ0) is 18.4. The molecule has 7 heteroatoms. The van der Waals surface area contributed by atoms with E-state index in [4.69, 9.17) is 4.74 Å². The van der Waals surface area contributed by atoms with Crippen LogP contribution in [0, 0.1) is 0 Å². The Morgan fingerprint density at radius 2 is 2.04 bits per heavy atom. The molecule has 0 saturated carbocycles. The Morgan fingerprint density at radius 3 is 2.81 bits per heavy atom. The maximum Gasteiger partial charge on any atom is 0.264 e. The zero-order valence-electron chi connectivity index (χ0n) is 14.8. The fourth-order valence-corrected chi connectivity index (χ4v) is 2.48. The number of ether oxygens (including phenoxy) is 1. The summed E-state index contributed by atoms with van der Waals surface area (Å²) in [5.41, 5.74) is 1.75. The molecule has 2 aromatic heterocycles. The molecular weight excluding hydrogens is 330 g/mol. The lowest BCUT2D eigenvalue weighted by molar-refractivity contribution is -0.118. The van der Waals surface area contributed by atoms with Crippen LogP contribution in [0.25, 0.3) is 11.5 Å². The van der Waals surface area contributed by atoms with Crippen molar-refractivity contribution >= 4 is 11.9 Å². The molecule has 0 spiro atoms. The van der Waals surface area contributed by atoms with Gasteiger partial charge < -0.3 is 4.74 Å². The molecule has 2 N–H and O–H groups in total. The fraction of sp³-hybridized carbons (Fsp3) is 0.263. The van der Waals surface area contributed by atoms with Gasteiger partial charge in [-0.2, -0.15) is 4.98 Å². The van der Waals surface area contributed by atoms with E-state index in [1.807, 2.05) is 36.4 Å². The number of nitrogens with one attached hydrogen (secondary N) is 2. The molecule has 3 rings (SSSR count). The molecule has 1 atom stereocenters. The number of carbonyl (C=O) groups excluding carboxylic acids is 1. The number of benzene rings is 1. The van der Waals surface area contributed by atoms with Gasteiger partial charge in [-0.1, -0.05) is 38.1 Å². The van der Waals surface area contributed by atoms with Crippen molar-refractivity contribution in [3.8, 4) is 17.3 Å². The van der Waals surface area contributed by atoms with Gasteiger partial charge in [0.2, 0.25) is 5.95 Å². The van der Waals surface area contributed by atoms with Crippen LogP contribution in [0.2, 0.25) is 0 Å². The van der Waals surface area contributed by atoms with E-state index in [1.54, 1.807) is 12.3 Å². The molecule has 1 unspecified atom stereocenters. The van der Waals surface area contributed by atoms with Crippen molar-refractivity contribution < 1.29 is 9.53 Å². The van der Waals surface area contributed by atoms with Crippen LogP contribution in [-0.2, 0) is 4.79 Å². The predicted octanol–water partition coefficient (Wildman–Crippen LogP) is 3.40. The van der Waals surface area contributed by atoms with Crippen molar-refractivity contribution in [1.29, 1.82) is 0 Å². The van der Waals surface area contributed by atoms with Crippen LogP contribution in [0.1, 0.15) is 31.7 Å². The molecule has 0 aliphatic heterocycles. The smallest absolute Gasteiger partial charge is 0.264 e. The number of aromatic nitrogens is 4. The summed E-state index contributed by atoms with van der Waals surface area (Å²) in [5.74, 6) is 1.44. The minimum Gasteiger partial charge on any atom is -0.483 e. The monoisotopic (exact) mass is 351 g/mol. The number of amides is 1. The van der Waals surface area contributed by atoms with Gasteiger partial charge >= 0.3 is 0 Å². The van der Waals surface area contributed by atoms with E-state index in [1.165, 1.54) is 0 Å². The van der Waals surface area contributed by atoms with Crippen molar-refractivity contribution in [2.24, 2.45) is 0 Å². The quantitative estimate of drug-likeness (QED) is 0.680. The standard InChI is InChI=1S/C19H21N5O2/c1-3-13(2)14-8-4-5-10-16(14)26-12-17(25)21-19-22-18(23-24-19)15-9-6-7-11-20-15/h4-11,13H,3,12H2,1-2H3,(H2,21,22,23,24,25). The highest BCUT2D eigenvalue weighted by molar-refractivity contribution is 5.90. The molecule has 0 aliphatic carbocycles. The molecule has 0 saturated heterocycles. The summed E-state index contributed by atoms with van der Waals surface area (Å²) in [6, 6.07) is 13.2. The number of rotatable bonds is 7. The summed E-state index contributed by atoms with van der Waals surface area (Å²) >= 11 is 0. The van der Waals surface area contributed by atoms with Gasteiger partial charge in [0, 0.05) is 6.20 Å². The Balaban J connectivity index is 1.60. The highest BCUT2D eigenvalue weighted by Crippen LogP contribution is 2.28. The first-order valence-corrected chi connectivity index (χ1v) is 8.52. The lowest BCUT2D eigenvalue weighted by atomic mass is 9.98. The van der Waals surface area contributed by atoms with E-state index in [0.717, 1.165) is 17.7 Å². The third kappa shape index (κ3) is 4.24. The van der Waals surface area contributed by atoms with Crippen LogP contribution >= 0.6 is 0 Å². The molecule has 0 fully saturated rings. The number of para-hydroxylation sites is 1. The summed E-state index contributed by atoms with van der Waals surface area (Å²) in [4.78, 5) is 20.5. The van der Waals surface area contributed by atoms with Crippen molar-refractivity contribution in [1.82, 2.24) is 20.2 Å². The van der Waals surface area contributed by atoms with Crippen LogP contribution < -0.4 is 10.1 Å². The number of H-pyrrole nitrogens is 1. The number of carbonyl (C=O) groups is 1. The first kappa shape index (κ1) is 17.6. The molecule has 1 amide bonds. The molecular formula is C19H21N5O2. The average molecular weight is 351 g/mol. The minimum absolute atomic E-state index is 0.110.